The van der Waals surface area contributed by atoms with Gasteiger partial charge in [0.25, 0.3) is 0 Å². The third-order valence-corrected chi connectivity index (χ3v) is 3.26. The van der Waals surface area contributed by atoms with Gasteiger partial charge in [-0.05, 0) is 12.5 Å². The van der Waals surface area contributed by atoms with Gasteiger partial charge in [0.2, 0.25) is 5.79 Å². The van der Waals surface area contributed by atoms with Gasteiger partial charge in [0.05, 0.1) is 12.2 Å². The molecule has 1 aliphatic heterocycles. The maximum atomic E-state index is 12.2. The van der Waals surface area contributed by atoms with Crippen LogP contribution in [0, 0.1) is 0 Å². The van der Waals surface area contributed by atoms with E-state index in [9.17, 15) is 4.79 Å². The van der Waals surface area contributed by atoms with Crippen LogP contribution in [0.4, 0.5) is 0 Å². The Labute approximate surface area is 107 Å². The van der Waals surface area contributed by atoms with E-state index in [0.29, 0.717) is 18.6 Å². The maximum absolute atomic E-state index is 12.2. The van der Waals surface area contributed by atoms with Crippen molar-refractivity contribution < 1.29 is 14.3 Å². The van der Waals surface area contributed by atoms with Gasteiger partial charge in [-0.3, -0.25) is 0 Å². The highest BCUT2D eigenvalue weighted by Crippen LogP contribution is 2.33. The van der Waals surface area contributed by atoms with Gasteiger partial charge in [-0.2, -0.15) is 0 Å². The molecule has 0 spiro atoms. The van der Waals surface area contributed by atoms with Crippen molar-refractivity contribution in [1.29, 1.82) is 0 Å². The summed E-state index contributed by atoms with van der Waals surface area (Å²) in [5, 5.41) is 0. The molecule has 0 bridgehead atoms. The van der Waals surface area contributed by atoms with Crippen LogP contribution < -0.4 is 0 Å². The first kappa shape index (κ1) is 12.8. The second-order valence-electron chi connectivity index (χ2n) is 4.32. The third-order valence-electron chi connectivity index (χ3n) is 3.26. The molecule has 3 nitrogen and oxygen atoms in total. The number of hydrogen-bond acceptors (Lipinski definition) is 3. The first-order valence-electron chi connectivity index (χ1n) is 6.30. The summed E-state index contributed by atoms with van der Waals surface area (Å²) in [5.74, 6) is -1.01. The molecular weight excluding hydrogens is 228 g/mol. The number of carbonyl (C=O) groups is 1. The monoisotopic (exact) mass is 246 g/mol. The number of rotatable bonds is 4. The first-order valence-corrected chi connectivity index (χ1v) is 6.30. The summed E-state index contributed by atoms with van der Waals surface area (Å²) in [5.41, 5.74) is 1.45. The maximum Gasteiger partial charge on any atom is 0.340 e. The van der Waals surface area contributed by atoms with Crippen LogP contribution in [-0.4, -0.2) is 18.4 Å². The Balaban J connectivity index is 2.12. The molecule has 3 heteroatoms. The number of ether oxygens (including phenoxy) is 2. The minimum atomic E-state index is -0.694. The van der Waals surface area contributed by atoms with E-state index in [1.54, 1.807) is 6.08 Å². The van der Waals surface area contributed by atoms with E-state index in [2.05, 4.69) is 0 Å². The number of carbonyl (C=O) groups excluding carboxylic acids is 1. The second-order valence-corrected chi connectivity index (χ2v) is 4.32. The molecule has 1 fully saturated rings. The van der Waals surface area contributed by atoms with Gasteiger partial charge in [-0.1, -0.05) is 43.3 Å². The zero-order chi connectivity index (χ0) is 13.0. The topological polar surface area (TPSA) is 35.5 Å². The number of benzene rings is 1. The summed E-state index contributed by atoms with van der Waals surface area (Å²) in [4.78, 5) is 12.2. The zero-order valence-corrected chi connectivity index (χ0v) is 10.8. The highest BCUT2D eigenvalue weighted by molar-refractivity contribution is 6.16. The molecule has 1 unspecified atom stereocenters. The SMILES string of the molecule is CC=C(C(=O)OC1(CC)CCO1)c1ccccc1. The van der Waals surface area contributed by atoms with Crippen LogP contribution in [-0.2, 0) is 14.3 Å². The van der Waals surface area contributed by atoms with Crippen molar-refractivity contribution in [1.82, 2.24) is 0 Å². The van der Waals surface area contributed by atoms with Gasteiger partial charge in [-0.15, -0.1) is 0 Å². The molecule has 1 saturated heterocycles. The standard InChI is InChI=1S/C15H18O3/c1-3-13(12-8-6-5-7-9-12)14(16)18-15(4-2)10-11-17-15/h3,5-9H,4,10-11H2,1-2H3. The van der Waals surface area contributed by atoms with Gasteiger partial charge < -0.3 is 9.47 Å². The van der Waals surface area contributed by atoms with E-state index in [-0.39, 0.29) is 5.97 Å². The van der Waals surface area contributed by atoms with E-state index in [4.69, 9.17) is 9.47 Å². The lowest BCUT2D eigenvalue weighted by atomic mass is 10.0. The van der Waals surface area contributed by atoms with Gasteiger partial charge in [0.1, 0.15) is 0 Å². The smallest absolute Gasteiger partial charge is 0.340 e. The Morgan fingerprint density at radius 2 is 2.11 bits per heavy atom. The molecule has 0 radical (unpaired) electrons. The number of hydrogen-bond donors (Lipinski definition) is 0. The van der Waals surface area contributed by atoms with Crippen LogP contribution in [0.25, 0.3) is 5.57 Å². The fourth-order valence-corrected chi connectivity index (χ4v) is 2.01. The van der Waals surface area contributed by atoms with Crippen molar-refractivity contribution in [2.24, 2.45) is 0 Å². The van der Waals surface area contributed by atoms with Crippen LogP contribution in [0.1, 0.15) is 32.3 Å². The Morgan fingerprint density at radius 1 is 1.44 bits per heavy atom. The minimum Gasteiger partial charge on any atom is -0.429 e. The highest BCUT2D eigenvalue weighted by Gasteiger charge is 2.41. The molecule has 1 aliphatic rings. The average Bonchev–Trinajstić information content (AvgIpc) is 2.36. The summed E-state index contributed by atoms with van der Waals surface area (Å²) in [6.07, 6.45) is 3.24. The zero-order valence-electron chi connectivity index (χ0n) is 10.8. The Bertz CT molecular complexity index is 439. The van der Waals surface area contributed by atoms with Crippen LogP contribution in [0.3, 0.4) is 0 Å². The molecule has 0 N–H and O–H groups in total. The van der Waals surface area contributed by atoms with E-state index in [1.165, 1.54) is 0 Å². The largest absolute Gasteiger partial charge is 0.429 e. The fraction of sp³-hybridized carbons (Fsp3) is 0.400. The lowest BCUT2D eigenvalue weighted by Crippen LogP contribution is -2.47. The summed E-state index contributed by atoms with van der Waals surface area (Å²) in [6, 6.07) is 9.53. The van der Waals surface area contributed by atoms with Crippen LogP contribution >= 0.6 is 0 Å². The van der Waals surface area contributed by atoms with Gasteiger partial charge in [0, 0.05) is 12.8 Å². The Hall–Kier alpha value is -1.61. The quantitative estimate of drug-likeness (QED) is 0.604. The number of esters is 1. The lowest BCUT2D eigenvalue weighted by molar-refractivity contribution is -0.290. The predicted molar refractivity (Wildman–Crippen MR) is 69.8 cm³/mol. The van der Waals surface area contributed by atoms with Crippen molar-refractivity contribution in [3.63, 3.8) is 0 Å². The van der Waals surface area contributed by atoms with Crippen LogP contribution in [0.2, 0.25) is 0 Å². The molecular formula is C15H18O3. The van der Waals surface area contributed by atoms with E-state index >= 15 is 0 Å². The molecule has 0 amide bonds. The van der Waals surface area contributed by atoms with Gasteiger partial charge in [-0.25, -0.2) is 4.79 Å². The normalized spacial score (nSPS) is 23.3. The molecule has 1 heterocycles. The summed E-state index contributed by atoms with van der Waals surface area (Å²) in [7, 11) is 0. The Morgan fingerprint density at radius 3 is 2.56 bits per heavy atom. The summed E-state index contributed by atoms with van der Waals surface area (Å²) >= 11 is 0. The molecule has 0 aliphatic carbocycles. The van der Waals surface area contributed by atoms with Gasteiger partial charge >= 0.3 is 5.97 Å². The molecule has 0 saturated carbocycles. The van der Waals surface area contributed by atoms with Gasteiger partial charge in [0.15, 0.2) is 0 Å². The van der Waals surface area contributed by atoms with E-state index in [0.717, 1.165) is 12.0 Å². The lowest BCUT2D eigenvalue weighted by Gasteiger charge is -2.40. The van der Waals surface area contributed by atoms with Crippen molar-refractivity contribution in [2.75, 3.05) is 6.61 Å². The van der Waals surface area contributed by atoms with Crippen molar-refractivity contribution in [3.05, 3.63) is 42.0 Å². The summed E-state index contributed by atoms with van der Waals surface area (Å²) in [6.45, 7) is 4.46. The van der Waals surface area contributed by atoms with Crippen molar-refractivity contribution in [3.8, 4) is 0 Å². The average molecular weight is 246 g/mol. The van der Waals surface area contributed by atoms with E-state index in [1.807, 2.05) is 44.2 Å². The second kappa shape index (κ2) is 5.36. The Kier molecular flexibility index (Phi) is 3.82. The molecule has 0 aromatic heterocycles. The van der Waals surface area contributed by atoms with Crippen LogP contribution in [0.15, 0.2) is 36.4 Å². The van der Waals surface area contributed by atoms with E-state index < -0.39 is 5.79 Å². The van der Waals surface area contributed by atoms with Crippen molar-refractivity contribution in [2.45, 2.75) is 32.5 Å². The minimum absolute atomic E-state index is 0.315. The first-order chi connectivity index (χ1) is 8.71. The third kappa shape index (κ3) is 2.46. The molecule has 1 atom stereocenters. The molecule has 18 heavy (non-hydrogen) atoms. The fourth-order valence-electron chi connectivity index (χ4n) is 2.01. The number of allylic oxidation sites excluding steroid dienone is 1. The predicted octanol–water partition coefficient (Wildman–Crippen LogP) is 3.16. The molecule has 96 valence electrons. The molecule has 2 rings (SSSR count). The van der Waals surface area contributed by atoms with Crippen molar-refractivity contribution >= 4 is 11.5 Å². The van der Waals surface area contributed by atoms with Crippen LogP contribution in [0.5, 0.6) is 0 Å². The molecule has 1 aromatic rings. The summed E-state index contributed by atoms with van der Waals surface area (Å²) < 4.78 is 10.9. The molecule has 1 aromatic carbocycles. The highest BCUT2D eigenvalue weighted by atomic mass is 16.7.